The van der Waals surface area contributed by atoms with E-state index < -0.39 is 26.4 Å². The maximum Gasteiger partial charge on any atom is 0.312 e. The summed E-state index contributed by atoms with van der Waals surface area (Å²) in [6.45, 7) is 0.00273. The number of hydrogen-bond donors (Lipinski definition) is 3. The highest BCUT2D eigenvalue weighted by molar-refractivity contribution is 7.89. The van der Waals surface area contributed by atoms with E-state index >= 15 is 0 Å². The normalized spacial score (nSPS) is 18.5. The first kappa shape index (κ1) is 15.2. The molecule has 1 atom stereocenters. The Labute approximate surface area is 120 Å². The molecule has 10 heteroatoms. The molecule has 1 aliphatic heterocycles. The van der Waals surface area contributed by atoms with Crippen LogP contribution in [0.15, 0.2) is 23.1 Å². The molecule has 114 valence electrons. The lowest BCUT2D eigenvalue weighted by molar-refractivity contribution is -0.386. The van der Waals surface area contributed by atoms with Crippen molar-refractivity contribution in [3.8, 4) is 5.75 Å². The molecule has 1 amide bonds. The quantitative estimate of drug-likeness (QED) is 0.510. The van der Waals surface area contributed by atoms with Gasteiger partial charge in [-0.15, -0.1) is 0 Å². The molecule has 1 aromatic carbocycles. The van der Waals surface area contributed by atoms with Crippen LogP contribution in [0.2, 0.25) is 0 Å². The Morgan fingerprint density at radius 2 is 2.19 bits per heavy atom. The van der Waals surface area contributed by atoms with E-state index in [9.17, 15) is 28.4 Å². The Kier molecular flexibility index (Phi) is 4.09. The first-order chi connectivity index (χ1) is 9.79. The number of sulfonamides is 1. The second-order valence-electron chi connectivity index (χ2n) is 4.56. The maximum absolute atomic E-state index is 12.0. The summed E-state index contributed by atoms with van der Waals surface area (Å²) in [6, 6.07) is 2.51. The van der Waals surface area contributed by atoms with Gasteiger partial charge in [0.2, 0.25) is 15.9 Å². The number of phenols is 1. The monoisotopic (exact) mass is 315 g/mol. The van der Waals surface area contributed by atoms with Crippen LogP contribution in [0.25, 0.3) is 0 Å². The van der Waals surface area contributed by atoms with Gasteiger partial charge in [0, 0.05) is 25.1 Å². The zero-order valence-electron chi connectivity index (χ0n) is 10.8. The second kappa shape index (κ2) is 5.66. The summed E-state index contributed by atoms with van der Waals surface area (Å²) >= 11 is 0. The van der Waals surface area contributed by atoms with Gasteiger partial charge in [-0.2, -0.15) is 0 Å². The topological polar surface area (TPSA) is 139 Å². The zero-order chi connectivity index (χ0) is 15.6. The van der Waals surface area contributed by atoms with Crippen molar-refractivity contribution in [2.24, 2.45) is 0 Å². The zero-order valence-corrected chi connectivity index (χ0v) is 11.6. The second-order valence-corrected chi connectivity index (χ2v) is 6.33. The largest absolute Gasteiger partial charge is 0.502 e. The van der Waals surface area contributed by atoms with Crippen LogP contribution in [0, 0.1) is 10.1 Å². The first-order valence-corrected chi connectivity index (χ1v) is 7.54. The molecule has 0 bridgehead atoms. The van der Waals surface area contributed by atoms with Crippen LogP contribution in [0.1, 0.15) is 12.8 Å². The van der Waals surface area contributed by atoms with E-state index in [2.05, 4.69) is 10.0 Å². The lowest BCUT2D eigenvalue weighted by Crippen LogP contribution is -2.38. The van der Waals surface area contributed by atoms with Crippen molar-refractivity contribution in [2.75, 3.05) is 6.54 Å². The van der Waals surface area contributed by atoms with E-state index in [0.717, 1.165) is 18.2 Å². The molecule has 9 nitrogen and oxygen atoms in total. The Morgan fingerprint density at radius 3 is 2.76 bits per heavy atom. The van der Waals surface area contributed by atoms with Crippen molar-refractivity contribution < 1.29 is 23.2 Å². The molecule has 1 aromatic rings. The average Bonchev–Trinajstić information content (AvgIpc) is 2.82. The molecule has 1 aliphatic rings. The highest BCUT2D eigenvalue weighted by Gasteiger charge is 2.25. The Bertz CT molecular complexity index is 687. The summed E-state index contributed by atoms with van der Waals surface area (Å²) in [5.74, 6) is -0.749. The molecule has 0 spiro atoms. The maximum atomic E-state index is 12.0. The minimum atomic E-state index is -3.95. The van der Waals surface area contributed by atoms with Gasteiger partial charge in [0.25, 0.3) is 0 Å². The molecular weight excluding hydrogens is 302 g/mol. The third-order valence-electron chi connectivity index (χ3n) is 3.06. The predicted molar refractivity (Wildman–Crippen MR) is 71.1 cm³/mol. The number of hydrogen-bond acceptors (Lipinski definition) is 6. The summed E-state index contributed by atoms with van der Waals surface area (Å²) in [7, 11) is -3.95. The molecular formula is C11H13N3O6S. The molecule has 2 rings (SSSR count). The van der Waals surface area contributed by atoms with Gasteiger partial charge in [-0.25, -0.2) is 13.1 Å². The van der Waals surface area contributed by atoms with Crippen LogP contribution in [0.3, 0.4) is 0 Å². The van der Waals surface area contributed by atoms with Crippen LogP contribution in [-0.2, 0) is 14.8 Å². The highest BCUT2D eigenvalue weighted by atomic mass is 32.2. The number of nitrogens with zero attached hydrogens (tertiary/aromatic N) is 1. The minimum absolute atomic E-state index is 0.00273. The van der Waals surface area contributed by atoms with E-state index in [1.807, 2.05) is 0 Å². The van der Waals surface area contributed by atoms with Gasteiger partial charge in [-0.05, 0) is 18.6 Å². The van der Waals surface area contributed by atoms with Gasteiger partial charge in [-0.1, -0.05) is 0 Å². The van der Waals surface area contributed by atoms with Gasteiger partial charge < -0.3 is 10.4 Å². The molecule has 3 N–H and O–H groups in total. The highest BCUT2D eigenvalue weighted by Crippen LogP contribution is 2.28. The summed E-state index contributed by atoms with van der Waals surface area (Å²) in [5, 5.41) is 22.6. The lowest BCUT2D eigenvalue weighted by Gasteiger charge is -2.11. The van der Waals surface area contributed by atoms with Gasteiger partial charge in [-0.3, -0.25) is 14.9 Å². The fraction of sp³-hybridized carbons (Fsp3) is 0.364. The van der Waals surface area contributed by atoms with Crippen LogP contribution < -0.4 is 10.0 Å². The lowest BCUT2D eigenvalue weighted by atomic mass is 10.2. The number of nitro groups is 1. The van der Waals surface area contributed by atoms with Crippen molar-refractivity contribution in [2.45, 2.75) is 23.8 Å². The first-order valence-electron chi connectivity index (χ1n) is 6.06. The molecule has 0 saturated carbocycles. The number of benzene rings is 1. The number of carbonyl (C=O) groups excluding carboxylic acids is 1. The van der Waals surface area contributed by atoms with Crippen LogP contribution in [0.5, 0.6) is 5.75 Å². The smallest absolute Gasteiger partial charge is 0.312 e. The Hall–Kier alpha value is -2.20. The third kappa shape index (κ3) is 3.47. The molecule has 1 unspecified atom stereocenters. The van der Waals surface area contributed by atoms with Crippen molar-refractivity contribution in [1.29, 1.82) is 0 Å². The van der Waals surface area contributed by atoms with E-state index in [4.69, 9.17) is 0 Å². The van der Waals surface area contributed by atoms with E-state index in [-0.39, 0.29) is 23.4 Å². The number of nitro benzene ring substituents is 1. The van der Waals surface area contributed by atoms with Crippen molar-refractivity contribution >= 4 is 21.6 Å². The number of amides is 1. The van der Waals surface area contributed by atoms with Gasteiger partial charge >= 0.3 is 5.69 Å². The van der Waals surface area contributed by atoms with Crippen LogP contribution in [-0.4, -0.2) is 36.9 Å². The number of nitrogens with one attached hydrogen (secondary N) is 2. The predicted octanol–water partition coefficient (Wildman–Crippen LogP) is -0.143. The van der Waals surface area contributed by atoms with Crippen LogP contribution in [0.4, 0.5) is 5.69 Å². The summed E-state index contributed by atoms with van der Waals surface area (Å²) < 4.78 is 26.3. The fourth-order valence-electron chi connectivity index (χ4n) is 1.94. The average molecular weight is 315 g/mol. The molecule has 1 saturated heterocycles. The molecule has 21 heavy (non-hydrogen) atoms. The third-order valence-corrected chi connectivity index (χ3v) is 4.48. The van der Waals surface area contributed by atoms with Crippen LogP contribution >= 0.6 is 0 Å². The number of rotatable bonds is 5. The Morgan fingerprint density at radius 1 is 1.48 bits per heavy atom. The molecule has 1 fully saturated rings. The minimum Gasteiger partial charge on any atom is -0.502 e. The van der Waals surface area contributed by atoms with Gasteiger partial charge in [0.15, 0.2) is 5.75 Å². The summed E-state index contributed by atoms with van der Waals surface area (Å²) in [4.78, 5) is 20.5. The molecule has 0 radical (unpaired) electrons. The standard InChI is InChI=1S/C11H13N3O6S/c15-10-3-2-8(5-9(10)14(17)18)21(19,20)12-6-7-1-4-11(16)13-7/h2-3,5,7,12,15H,1,4,6H2,(H,13,16). The van der Waals surface area contributed by atoms with Crippen molar-refractivity contribution in [3.63, 3.8) is 0 Å². The SMILES string of the molecule is O=C1CCC(CNS(=O)(=O)c2ccc(O)c([N+](=O)[O-])c2)N1. The summed E-state index contributed by atoms with van der Waals surface area (Å²) in [5.41, 5.74) is -0.688. The molecule has 0 aromatic heterocycles. The molecule has 1 heterocycles. The van der Waals surface area contributed by atoms with Gasteiger partial charge in [0.05, 0.1) is 9.82 Å². The number of aromatic hydroxyl groups is 1. The Balaban J connectivity index is 2.14. The number of phenolic OH excluding ortho intramolecular Hbond substituents is 1. The fourth-order valence-corrected chi connectivity index (χ4v) is 3.04. The van der Waals surface area contributed by atoms with Gasteiger partial charge in [0.1, 0.15) is 0 Å². The van der Waals surface area contributed by atoms with Crippen molar-refractivity contribution in [3.05, 3.63) is 28.3 Å². The van der Waals surface area contributed by atoms with E-state index in [1.165, 1.54) is 0 Å². The number of carbonyl (C=O) groups is 1. The van der Waals surface area contributed by atoms with E-state index in [0.29, 0.717) is 12.8 Å². The molecule has 0 aliphatic carbocycles. The van der Waals surface area contributed by atoms with E-state index in [1.54, 1.807) is 0 Å². The summed E-state index contributed by atoms with van der Waals surface area (Å²) in [6.07, 6.45) is 0.869. The van der Waals surface area contributed by atoms with Crippen molar-refractivity contribution in [1.82, 2.24) is 10.0 Å².